The van der Waals surface area contributed by atoms with Crippen LogP contribution in [0.4, 0.5) is 0 Å². The van der Waals surface area contributed by atoms with Crippen LogP contribution in [-0.2, 0) is 6.42 Å². The summed E-state index contributed by atoms with van der Waals surface area (Å²) in [5, 5.41) is 18.1. The summed E-state index contributed by atoms with van der Waals surface area (Å²) < 4.78 is 5.82. The zero-order chi connectivity index (χ0) is 19.3. The number of aliphatic hydroxyl groups excluding tert-OH is 2. The van der Waals surface area contributed by atoms with Crippen molar-refractivity contribution >= 4 is 0 Å². The van der Waals surface area contributed by atoms with Gasteiger partial charge in [-0.3, -0.25) is 0 Å². The smallest absolute Gasteiger partial charge is 0.119 e. The number of hydrogen-bond donors (Lipinski definition) is 2. The van der Waals surface area contributed by atoms with Gasteiger partial charge in [0, 0.05) is 19.1 Å². The largest absolute Gasteiger partial charge is 0.494 e. The van der Waals surface area contributed by atoms with E-state index in [0.29, 0.717) is 6.61 Å². The Kier molecular flexibility index (Phi) is 9.96. The molecule has 0 saturated carbocycles. The van der Waals surface area contributed by atoms with Crippen LogP contribution >= 0.6 is 0 Å². The van der Waals surface area contributed by atoms with Gasteiger partial charge in [-0.2, -0.15) is 0 Å². The van der Waals surface area contributed by atoms with Gasteiger partial charge in [-0.15, -0.1) is 0 Å². The molecule has 0 aromatic heterocycles. The van der Waals surface area contributed by atoms with Crippen molar-refractivity contribution in [3.05, 3.63) is 54.1 Å². The van der Waals surface area contributed by atoms with Gasteiger partial charge < -0.3 is 14.9 Å². The highest BCUT2D eigenvalue weighted by atomic mass is 16.5. The molecule has 0 aliphatic carbocycles. The topological polar surface area (TPSA) is 49.7 Å². The van der Waals surface area contributed by atoms with Crippen LogP contribution in [-0.4, -0.2) is 30.0 Å². The van der Waals surface area contributed by atoms with Crippen molar-refractivity contribution in [1.29, 1.82) is 0 Å². The van der Waals surface area contributed by atoms with Crippen molar-refractivity contribution in [2.24, 2.45) is 5.92 Å². The van der Waals surface area contributed by atoms with Crippen molar-refractivity contribution in [2.75, 3.05) is 19.8 Å². The van der Waals surface area contributed by atoms with E-state index in [-0.39, 0.29) is 19.1 Å². The van der Waals surface area contributed by atoms with Gasteiger partial charge in [0.2, 0.25) is 0 Å². The van der Waals surface area contributed by atoms with E-state index in [4.69, 9.17) is 14.9 Å². The van der Waals surface area contributed by atoms with E-state index < -0.39 is 0 Å². The first-order valence-electron chi connectivity index (χ1n) is 10.3. The quantitative estimate of drug-likeness (QED) is 0.474. The Bertz CT molecular complexity index is 615. The SMILES string of the molecule is CCCCc1ccc(-c2ccc(OCCCCCC(CO)CO)cc2)cc1. The number of aryl methyl sites for hydroxylation is 1. The minimum absolute atomic E-state index is 0.0270. The molecule has 148 valence electrons. The lowest BCUT2D eigenvalue weighted by Gasteiger charge is -2.10. The van der Waals surface area contributed by atoms with Gasteiger partial charge in [-0.1, -0.05) is 62.6 Å². The molecule has 0 spiro atoms. The van der Waals surface area contributed by atoms with E-state index in [1.165, 1.54) is 29.5 Å². The fourth-order valence-electron chi connectivity index (χ4n) is 3.13. The first kappa shape index (κ1) is 21.5. The predicted molar refractivity (Wildman–Crippen MR) is 112 cm³/mol. The van der Waals surface area contributed by atoms with Crippen LogP contribution < -0.4 is 4.74 Å². The van der Waals surface area contributed by atoms with Crippen LogP contribution in [0.15, 0.2) is 48.5 Å². The Balaban J connectivity index is 1.72. The van der Waals surface area contributed by atoms with Gasteiger partial charge in [0.25, 0.3) is 0 Å². The van der Waals surface area contributed by atoms with E-state index >= 15 is 0 Å². The highest BCUT2D eigenvalue weighted by Gasteiger charge is 2.05. The Hall–Kier alpha value is -1.84. The normalized spacial score (nSPS) is 11.1. The Labute approximate surface area is 164 Å². The molecule has 0 bridgehead atoms. The highest BCUT2D eigenvalue weighted by molar-refractivity contribution is 5.64. The van der Waals surface area contributed by atoms with Gasteiger partial charge in [0.1, 0.15) is 5.75 Å². The molecule has 0 amide bonds. The van der Waals surface area contributed by atoms with Gasteiger partial charge in [-0.05, 0) is 54.5 Å². The number of aliphatic hydroxyl groups is 2. The molecule has 0 heterocycles. The van der Waals surface area contributed by atoms with Crippen molar-refractivity contribution in [2.45, 2.75) is 51.9 Å². The third kappa shape index (κ3) is 7.74. The molecule has 0 atom stereocenters. The molecule has 0 fully saturated rings. The molecular formula is C24H34O3. The van der Waals surface area contributed by atoms with Crippen LogP contribution in [0.2, 0.25) is 0 Å². The van der Waals surface area contributed by atoms with Gasteiger partial charge in [-0.25, -0.2) is 0 Å². The molecule has 2 N–H and O–H groups in total. The zero-order valence-corrected chi connectivity index (χ0v) is 16.6. The average Bonchev–Trinajstić information content (AvgIpc) is 2.72. The average molecular weight is 371 g/mol. The number of rotatable bonds is 13. The van der Waals surface area contributed by atoms with E-state index in [1.54, 1.807) is 0 Å². The van der Waals surface area contributed by atoms with Crippen LogP contribution in [0.1, 0.15) is 51.0 Å². The molecular weight excluding hydrogens is 336 g/mol. The molecule has 0 radical (unpaired) electrons. The number of unbranched alkanes of at least 4 members (excludes halogenated alkanes) is 3. The lowest BCUT2D eigenvalue weighted by molar-refractivity contribution is 0.141. The van der Waals surface area contributed by atoms with E-state index in [9.17, 15) is 0 Å². The third-order valence-electron chi connectivity index (χ3n) is 5.00. The third-order valence-corrected chi connectivity index (χ3v) is 5.00. The predicted octanol–water partition coefficient (Wildman–Crippen LogP) is 5.24. The molecule has 2 rings (SSSR count). The monoisotopic (exact) mass is 370 g/mol. The molecule has 0 aliphatic rings. The molecule has 2 aromatic rings. The zero-order valence-electron chi connectivity index (χ0n) is 16.6. The van der Waals surface area contributed by atoms with E-state index in [2.05, 4.69) is 43.3 Å². The Morgan fingerprint density at radius 3 is 2.00 bits per heavy atom. The van der Waals surface area contributed by atoms with Crippen LogP contribution in [0.3, 0.4) is 0 Å². The fourth-order valence-corrected chi connectivity index (χ4v) is 3.13. The maximum atomic E-state index is 9.05. The van der Waals surface area contributed by atoms with Gasteiger partial charge in [0.05, 0.1) is 6.61 Å². The van der Waals surface area contributed by atoms with Crippen molar-refractivity contribution in [3.63, 3.8) is 0 Å². The number of ether oxygens (including phenoxy) is 1. The molecule has 0 saturated heterocycles. The molecule has 27 heavy (non-hydrogen) atoms. The summed E-state index contributed by atoms with van der Waals surface area (Å²) in [6.07, 6.45) is 7.57. The maximum Gasteiger partial charge on any atom is 0.119 e. The molecule has 3 nitrogen and oxygen atoms in total. The summed E-state index contributed by atoms with van der Waals surface area (Å²) in [6.45, 7) is 3.07. The minimum atomic E-state index is 0.0270. The summed E-state index contributed by atoms with van der Waals surface area (Å²) in [5.74, 6) is 0.932. The standard InChI is InChI=1S/C24H34O3/c1-2-3-7-20-9-11-22(12-10-20)23-13-15-24(16-14-23)27-17-6-4-5-8-21(18-25)19-26/h9-16,21,25-26H,2-8,17-19H2,1H3. The maximum absolute atomic E-state index is 9.05. The lowest BCUT2D eigenvalue weighted by Crippen LogP contribution is -2.10. The van der Waals surface area contributed by atoms with Crippen LogP contribution in [0, 0.1) is 5.92 Å². The minimum Gasteiger partial charge on any atom is -0.494 e. The number of hydrogen-bond acceptors (Lipinski definition) is 3. The highest BCUT2D eigenvalue weighted by Crippen LogP contribution is 2.23. The number of benzene rings is 2. The summed E-state index contributed by atoms with van der Waals surface area (Å²) in [6, 6.07) is 17.2. The summed E-state index contributed by atoms with van der Waals surface area (Å²) in [7, 11) is 0. The second-order valence-corrected chi connectivity index (χ2v) is 7.25. The fraction of sp³-hybridized carbons (Fsp3) is 0.500. The van der Waals surface area contributed by atoms with E-state index in [1.807, 2.05) is 12.1 Å². The molecule has 0 unspecified atom stereocenters. The summed E-state index contributed by atoms with van der Waals surface area (Å²) in [5.41, 5.74) is 3.86. The summed E-state index contributed by atoms with van der Waals surface area (Å²) >= 11 is 0. The Morgan fingerprint density at radius 2 is 1.41 bits per heavy atom. The van der Waals surface area contributed by atoms with Crippen LogP contribution in [0.25, 0.3) is 11.1 Å². The first-order valence-corrected chi connectivity index (χ1v) is 10.3. The Morgan fingerprint density at radius 1 is 0.778 bits per heavy atom. The molecule has 2 aromatic carbocycles. The van der Waals surface area contributed by atoms with Crippen molar-refractivity contribution in [1.82, 2.24) is 0 Å². The second-order valence-electron chi connectivity index (χ2n) is 7.25. The first-order chi connectivity index (χ1) is 13.3. The van der Waals surface area contributed by atoms with Crippen molar-refractivity contribution < 1.29 is 14.9 Å². The van der Waals surface area contributed by atoms with Gasteiger partial charge >= 0.3 is 0 Å². The second kappa shape index (κ2) is 12.5. The van der Waals surface area contributed by atoms with Gasteiger partial charge in [0.15, 0.2) is 0 Å². The van der Waals surface area contributed by atoms with E-state index in [0.717, 1.165) is 37.9 Å². The molecule has 0 aliphatic heterocycles. The van der Waals surface area contributed by atoms with Crippen LogP contribution in [0.5, 0.6) is 5.75 Å². The summed E-state index contributed by atoms with van der Waals surface area (Å²) in [4.78, 5) is 0. The lowest BCUT2D eigenvalue weighted by atomic mass is 10.0. The molecule has 3 heteroatoms. The van der Waals surface area contributed by atoms with Crippen molar-refractivity contribution in [3.8, 4) is 16.9 Å².